The van der Waals surface area contributed by atoms with Gasteiger partial charge in [-0.25, -0.2) is 4.39 Å². The normalized spacial score (nSPS) is 9.85. The van der Waals surface area contributed by atoms with Crippen LogP contribution in [0.25, 0.3) is 0 Å². The van der Waals surface area contributed by atoms with Gasteiger partial charge in [-0.3, -0.25) is 0 Å². The number of halogens is 2. The van der Waals surface area contributed by atoms with E-state index in [1.54, 1.807) is 18.2 Å². The van der Waals surface area contributed by atoms with E-state index in [-0.39, 0.29) is 12.4 Å². The van der Waals surface area contributed by atoms with E-state index in [1.807, 2.05) is 18.2 Å². The van der Waals surface area contributed by atoms with Gasteiger partial charge in [-0.15, -0.1) is 0 Å². The predicted molar refractivity (Wildman–Crippen MR) is 76.3 cm³/mol. The lowest BCUT2D eigenvalue weighted by molar-refractivity contribution is 0.368. The van der Waals surface area contributed by atoms with E-state index in [0.717, 1.165) is 11.3 Å². The summed E-state index contributed by atoms with van der Waals surface area (Å²) in [5.41, 5.74) is 1.63. The van der Waals surface area contributed by atoms with E-state index in [2.05, 4.69) is 5.32 Å². The van der Waals surface area contributed by atoms with Crippen LogP contribution in [0, 0.1) is 17.1 Å². The maximum Gasteiger partial charge on any atom is 0.174 e. The molecule has 0 spiro atoms. The Hall–Kier alpha value is -2.25. The molecule has 20 heavy (non-hydrogen) atoms. The van der Waals surface area contributed by atoms with Gasteiger partial charge in [0.05, 0.1) is 0 Å². The second kappa shape index (κ2) is 6.78. The second-order valence-corrected chi connectivity index (χ2v) is 4.54. The molecule has 0 heterocycles. The number of nitriles is 1. The van der Waals surface area contributed by atoms with Crippen LogP contribution in [-0.4, -0.2) is 6.61 Å². The quantitative estimate of drug-likeness (QED) is 0.905. The second-order valence-electron chi connectivity index (χ2n) is 4.10. The van der Waals surface area contributed by atoms with Crippen LogP contribution in [0.1, 0.15) is 5.56 Å². The number of benzene rings is 2. The van der Waals surface area contributed by atoms with Crippen LogP contribution in [0.3, 0.4) is 0 Å². The zero-order chi connectivity index (χ0) is 14.4. The van der Waals surface area contributed by atoms with Crippen molar-refractivity contribution in [2.24, 2.45) is 0 Å². The summed E-state index contributed by atoms with van der Waals surface area (Å²) in [6, 6.07) is 13.5. The Morgan fingerprint density at radius 1 is 1.20 bits per heavy atom. The molecular weight excluding hydrogens is 279 g/mol. The van der Waals surface area contributed by atoms with Crippen LogP contribution in [0.5, 0.6) is 5.75 Å². The highest BCUT2D eigenvalue weighted by Gasteiger charge is 2.00. The van der Waals surface area contributed by atoms with Gasteiger partial charge < -0.3 is 10.1 Å². The van der Waals surface area contributed by atoms with Crippen molar-refractivity contribution in [3.05, 3.63) is 58.9 Å². The van der Waals surface area contributed by atoms with E-state index in [4.69, 9.17) is 21.6 Å². The third-order valence-electron chi connectivity index (χ3n) is 2.58. The minimum absolute atomic E-state index is 0.0224. The smallest absolute Gasteiger partial charge is 0.174 e. The molecule has 2 aromatic carbocycles. The third kappa shape index (κ3) is 4.15. The summed E-state index contributed by atoms with van der Waals surface area (Å²) in [6.07, 6.45) is 0. The van der Waals surface area contributed by atoms with Crippen LogP contribution < -0.4 is 10.1 Å². The highest BCUT2D eigenvalue weighted by atomic mass is 35.5. The molecular formula is C15H12ClFN2O. The number of ether oxygens (including phenoxy) is 1. The Balaban J connectivity index is 1.95. The van der Waals surface area contributed by atoms with Gasteiger partial charge >= 0.3 is 0 Å². The van der Waals surface area contributed by atoms with Crippen LogP contribution >= 0.6 is 11.6 Å². The topological polar surface area (TPSA) is 45.0 Å². The first-order valence-corrected chi connectivity index (χ1v) is 6.34. The van der Waals surface area contributed by atoms with Gasteiger partial charge in [-0.2, -0.15) is 5.26 Å². The average molecular weight is 291 g/mol. The molecule has 0 amide bonds. The Labute approximate surface area is 121 Å². The van der Waals surface area contributed by atoms with E-state index < -0.39 is 0 Å². The zero-order valence-corrected chi connectivity index (χ0v) is 11.3. The first-order valence-electron chi connectivity index (χ1n) is 5.96. The van der Waals surface area contributed by atoms with Crippen molar-refractivity contribution in [2.75, 3.05) is 11.9 Å². The van der Waals surface area contributed by atoms with Crippen molar-refractivity contribution in [3.8, 4) is 11.8 Å². The van der Waals surface area contributed by atoms with E-state index in [9.17, 15) is 4.39 Å². The molecule has 0 unspecified atom stereocenters. The van der Waals surface area contributed by atoms with Crippen molar-refractivity contribution in [1.82, 2.24) is 0 Å². The molecule has 2 rings (SSSR count). The highest BCUT2D eigenvalue weighted by molar-refractivity contribution is 6.30. The summed E-state index contributed by atoms with van der Waals surface area (Å²) < 4.78 is 18.3. The summed E-state index contributed by atoms with van der Waals surface area (Å²) in [7, 11) is 0. The van der Waals surface area contributed by atoms with Gasteiger partial charge in [-0.1, -0.05) is 11.6 Å². The fraction of sp³-hybridized carbons (Fsp3) is 0.133. The Morgan fingerprint density at radius 3 is 2.60 bits per heavy atom. The van der Waals surface area contributed by atoms with Crippen LogP contribution in [0.4, 0.5) is 10.1 Å². The summed E-state index contributed by atoms with van der Waals surface area (Å²) in [5, 5.41) is 11.9. The van der Waals surface area contributed by atoms with Crippen LogP contribution in [0.15, 0.2) is 42.5 Å². The summed E-state index contributed by atoms with van der Waals surface area (Å²) in [5.74, 6) is 0.278. The highest BCUT2D eigenvalue weighted by Crippen LogP contribution is 2.18. The molecule has 0 aromatic heterocycles. The number of hydrogen-bond acceptors (Lipinski definition) is 3. The number of nitrogens with one attached hydrogen (secondary N) is 1. The first-order chi connectivity index (χ1) is 9.67. The molecule has 0 aliphatic carbocycles. The largest absolute Gasteiger partial charge is 0.479 e. The minimum atomic E-state index is -0.352. The van der Waals surface area contributed by atoms with Gasteiger partial charge in [-0.05, 0) is 48.0 Å². The number of anilines is 1. The molecule has 0 saturated heterocycles. The summed E-state index contributed by atoms with van der Waals surface area (Å²) in [4.78, 5) is 0. The summed E-state index contributed by atoms with van der Waals surface area (Å²) >= 11 is 5.79. The van der Waals surface area contributed by atoms with Crippen molar-refractivity contribution < 1.29 is 9.13 Å². The molecule has 0 saturated carbocycles. The maximum atomic E-state index is 13.2. The zero-order valence-electron chi connectivity index (χ0n) is 10.6. The number of nitrogens with zero attached hydrogens (tertiary/aromatic N) is 1. The molecule has 0 atom stereocenters. The monoisotopic (exact) mass is 290 g/mol. The molecule has 1 N–H and O–H groups in total. The van der Waals surface area contributed by atoms with Crippen LogP contribution in [-0.2, 0) is 6.54 Å². The lowest BCUT2D eigenvalue weighted by Crippen LogP contribution is -2.00. The number of hydrogen-bond donors (Lipinski definition) is 1. The lowest BCUT2D eigenvalue weighted by atomic mass is 10.2. The van der Waals surface area contributed by atoms with Crippen molar-refractivity contribution in [3.63, 3.8) is 0 Å². The molecule has 0 fully saturated rings. The number of rotatable bonds is 5. The SMILES string of the molecule is N#CCOc1ccc(NCc2cc(F)cc(Cl)c2)cc1. The fourth-order valence-corrected chi connectivity index (χ4v) is 1.95. The Kier molecular flexibility index (Phi) is 4.80. The molecule has 3 nitrogen and oxygen atoms in total. The molecule has 0 radical (unpaired) electrons. The molecule has 102 valence electrons. The molecule has 2 aromatic rings. The van der Waals surface area contributed by atoms with Crippen molar-refractivity contribution in [2.45, 2.75) is 6.54 Å². The van der Waals surface area contributed by atoms with Gasteiger partial charge in [0.1, 0.15) is 17.6 Å². The fourth-order valence-electron chi connectivity index (χ4n) is 1.70. The maximum absolute atomic E-state index is 13.2. The van der Waals surface area contributed by atoms with Crippen LogP contribution in [0.2, 0.25) is 5.02 Å². The lowest BCUT2D eigenvalue weighted by Gasteiger charge is -2.08. The van der Waals surface area contributed by atoms with Gasteiger partial charge in [0, 0.05) is 17.3 Å². The van der Waals surface area contributed by atoms with E-state index >= 15 is 0 Å². The molecule has 0 aliphatic heterocycles. The molecule has 5 heteroatoms. The van der Waals surface area contributed by atoms with Crippen molar-refractivity contribution in [1.29, 1.82) is 5.26 Å². The standard InChI is InChI=1S/C15H12ClFN2O/c16-12-7-11(8-13(17)9-12)10-19-14-1-3-15(4-2-14)20-6-5-18/h1-4,7-9,19H,6,10H2. The molecule has 0 aliphatic rings. The van der Waals surface area contributed by atoms with Gasteiger partial charge in [0.2, 0.25) is 0 Å². The van der Waals surface area contributed by atoms with E-state index in [0.29, 0.717) is 17.3 Å². The first kappa shape index (κ1) is 14.2. The minimum Gasteiger partial charge on any atom is -0.479 e. The Morgan fingerprint density at radius 2 is 1.95 bits per heavy atom. The Bertz CT molecular complexity index is 603. The third-order valence-corrected chi connectivity index (χ3v) is 2.79. The molecule has 0 bridgehead atoms. The van der Waals surface area contributed by atoms with E-state index in [1.165, 1.54) is 12.1 Å². The average Bonchev–Trinajstić information content (AvgIpc) is 2.43. The van der Waals surface area contributed by atoms with Crippen molar-refractivity contribution >= 4 is 17.3 Å². The summed E-state index contributed by atoms with van der Waals surface area (Å²) in [6.45, 7) is 0.491. The van der Waals surface area contributed by atoms with Gasteiger partial charge in [0.15, 0.2) is 6.61 Å². The predicted octanol–water partition coefficient (Wildman–Crippen LogP) is 3.99. The van der Waals surface area contributed by atoms with Gasteiger partial charge in [0.25, 0.3) is 0 Å².